The molecular formula is C13H27NO4. The van der Waals surface area contributed by atoms with Crippen molar-refractivity contribution in [3.63, 3.8) is 0 Å². The van der Waals surface area contributed by atoms with Crippen LogP contribution in [0.4, 0.5) is 0 Å². The minimum atomic E-state index is -0.711. The second-order valence-corrected chi connectivity index (χ2v) is 6.14. The maximum absolute atomic E-state index is 9.80. The second-order valence-electron chi connectivity index (χ2n) is 6.14. The van der Waals surface area contributed by atoms with Crippen LogP contribution in [0.3, 0.4) is 0 Å². The van der Waals surface area contributed by atoms with Crippen molar-refractivity contribution in [2.75, 3.05) is 0 Å². The van der Waals surface area contributed by atoms with Gasteiger partial charge in [0.25, 0.3) is 0 Å². The first-order valence-corrected chi connectivity index (χ1v) is 6.42. The van der Waals surface area contributed by atoms with Gasteiger partial charge in [0.2, 0.25) is 0 Å². The molecule has 0 saturated carbocycles. The molecule has 1 fully saturated rings. The van der Waals surface area contributed by atoms with Gasteiger partial charge in [-0.1, -0.05) is 6.92 Å². The zero-order valence-electron chi connectivity index (χ0n) is 12.1. The fourth-order valence-electron chi connectivity index (χ4n) is 2.43. The Labute approximate surface area is 109 Å². The highest BCUT2D eigenvalue weighted by Crippen LogP contribution is 2.36. The maximum Gasteiger partial charge on any atom is 0.303 e. The highest BCUT2D eigenvalue weighted by atomic mass is 16.5. The molecule has 3 N–H and O–H groups in total. The summed E-state index contributed by atoms with van der Waals surface area (Å²) in [5.41, 5.74) is -0.637. The molecule has 1 aliphatic rings. The van der Waals surface area contributed by atoms with Crippen LogP contribution in [-0.2, 0) is 4.79 Å². The number of aliphatic carboxylic acids is 1. The van der Waals surface area contributed by atoms with E-state index in [1.54, 1.807) is 0 Å². The molecule has 0 radical (unpaired) electrons. The van der Waals surface area contributed by atoms with Gasteiger partial charge in [-0.3, -0.25) is 4.79 Å². The normalized spacial score (nSPS) is 23.1. The first-order valence-electron chi connectivity index (χ1n) is 6.42. The fraction of sp³-hybridized carbons (Fsp3) is 0.923. The Balaban J connectivity index is 0.000000411. The number of hydroxylamine groups is 2. The van der Waals surface area contributed by atoms with Crippen LogP contribution in [-0.4, -0.2) is 43.6 Å². The van der Waals surface area contributed by atoms with Crippen molar-refractivity contribution >= 4 is 5.97 Å². The van der Waals surface area contributed by atoms with E-state index in [9.17, 15) is 15.1 Å². The monoisotopic (exact) mass is 261 g/mol. The molecule has 0 spiro atoms. The second kappa shape index (κ2) is 6.50. The fourth-order valence-corrected chi connectivity index (χ4v) is 2.43. The van der Waals surface area contributed by atoms with Crippen LogP contribution >= 0.6 is 0 Å². The van der Waals surface area contributed by atoms with Crippen molar-refractivity contribution in [1.82, 2.24) is 5.06 Å². The Morgan fingerprint density at radius 1 is 1.22 bits per heavy atom. The lowest BCUT2D eigenvalue weighted by molar-refractivity contribution is -0.257. The van der Waals surface area contributed by atoms with Gasteiger partial charge in [-0.2, -0.15) is 5.06 Å². The molecule has 1 aliphatic heterocycles. The van der Waals surface area contributed by atoms with Crippen molar-refractivity contribution in [2.45, 2.75) is 77.5 Å². The molecule has 5 nitrogen and oxygen atoms in total. The van der Waals surface area contributed by atoms with Crippen LogP contribution < -0.4 is 0 Å². The van der Waals surface area contributed by atoms with E-state index in [1.807, 2.05) is 34.6 Å². The van der Waals surface area contributed by atoms with Crippen LogP contribution in [0.25, 0.3) is 0 Å². The zero-order chi connectivity index (χ0) is 14.6. The molecule has 1 rings (SSSR count). The van der Waals surface area contributed by atoms with Gasteiger partial charge >= 0.3 is 5.97 Å². The molecule has 0 aromatic carbocycles. The van der Waals surface area contributed by atoms with Gasteiger partial charge in [0.05, 0.1) is 6.10 Å². The van der Waals surface area contributed by atoms with Crippen LogP contribution in [0.1, 0.15) is 60.3 Å². The minimum Gasteiger partial charge on any atom is -0.481 e. The maximum atomic E-state index is 9.80. The molecule has 0 aromatic heterocycles. The number of carbonyl (C=O) groups is 1. The van der Waals surface area contributed by atoms with Crippen LogP contribution in [0.2, 0.25) is 0 Å². The standard InChI is InChI=1S/C9H19NO2.C4H8O2/c1-8(2)5-7(11)6-9(3,4)10(8)12;1-2-3-4(5)6/h7,11-12H,5-6H2,1-4H3;2-3H2,1H3,(H,5,6). The number of rotatable bonds is 2. The molecule has 0 atom stereocenters. The Bertz CT molecular complexity index is 258. The third-order valence-corrected chi connectivity index (χ3v) is 3.08. The topological polar surface area (TPSA) is 81.0 Å². The van der Waals surface area contributed by atoms with Crippen molar-refractivity contribution < 1.29 is 20.2 Å². The SMILES string of the molecule is CC1(C)CC(O)CC(C)(C)N1O.CCCC(=O)O. The predicted molar refractivity (Wildman–Crippen MR) is 69.6 cm³/mol. The number of piperidine rings is 1. The highest BCUT2D eigenvalue weighted by molar-refractivity contribution is 5.66. The third-order valence-electron chi connectivity index (χ3n) is 3.08. The smallest absolute Gasteiger partial charge is 0.303 e. The summed E-state index contributed by atoms with van der Waals surface area (Å²) in [6.07, 6.45) is 1.99. The minimum absolute atomic E-state index is 0.292. The summed E-state index contributed by atoms with van der Waals surface area (Å²) in [5, 5.41) is 28.6. The molecule has 0 bridgehead atoms. The highest BCUT2D eigenvalue weighted by Gasteiger charge is 2.44. The Hall–Kier alpha value is -0.650. The lowest BCUT2D eigenvalue weighted by atomic mass is 9.80. The van der Waals surface area contributed by atoms with E-state index < -0.39 is 5.97 Å². The summed E-state index contributed by atoms with van der Waals surface area (Å²) in [4.78, 5) is 9.60. The average Bonchev–Trinajstić information content (AvgIpc) is 2.13. The summed E-state index contributed by atoms with van der Waals surface area (Å²) < 4.78 is 0. The van der Waals surface area contributed by atoms with Gasteiger partial charge in [-0.05, 0) is 47.0 Å². The predicted octanol–water partition coefficient (Wildman–Crippen LogP) is 2.26. The summed E-state index contributed by atoms with van der Waals surface area (Å²) >= 11 is 0. The van der Waals surface area contributed by atoms with Crippen LogP contribution in [0.15, 0.2) is 0 Å². The number of hydrogen-bond acceptors (Lipinski definition) is 4. The van der Waals surface area contributed by atoms with Gasteiger partial charge in [0, 0.05) is 17.5 Å². The first kappa shape index (κ1) is 17.4. The Kier molecular flexibility index (Phi) is 6.26. The molecule has 18 heavy (non-hydrogen) atoms. The molecule has 108 valence electrons. The molecule has 0 aliphatic carbocycles. The Morgan fingerprint density at radius 2 is 1.61 bits per heavy atom. The molecule has 1 saturated heterocycles. The van der Waals surface area contributed by atoms with Crippen molar-refractivity contribution in [3.8, 4) is 0 Å². The van der Waals surface area contributed by atoms with Gasteiger partial charge in [0.15, 0.2) is 0 Å². The molecule has 0 aromatic rings. The number of carboxylic acid groups (broad SMARTS) is 1. The lowest BCUT2D eigenvalue weighted by Crippen LogP contribution is -2.60. The van der Waals surface area contributed by atoms with E-state index in [0.717, 1.165) is 6.42 Å². The van der Waals surface area contributed by atoms with Gasteiger partial charge in [-0.25, -0.2) is 0 Å². The molecular weight excluding hydrogens is 234 g/mol. The van der Waals surface area contributed by atoms with Gasteiger partial charge < -0.3 is 15.4 Å². The number of hydrogen-bond donors (Lipinski definition) is 3. The lowest BCUT2D eigenvalue weighted by Gasteiger charge is -2.50. The van der Waals surface area contributed by atoms with E-state index >= 15 is 0 Å². The number of aliphatic hydroxyl groups is 1. The van der Waals surface area contributed by atoms with Gasteiger partial charge in [-0.15, -0.1) is 0 Å². The average molecular weight is 261 g/mol. The van der Waals surface area contributed by atoms with E-state index in [-0.39, 0.29) is 17.2 Å². The first-order chi connectivity index (χ1) is 8.03. The summed E-state index contributed by atoms with van der Waals surface area (Å²) in [5.74, 6) is -0.711. The Morgan fingerprint density at radius 3 is 1.83 bits per heavy atom. The van der Waals surface area contributed by atoms with E-state index in [0.29, 0.717) is 19.3 Å². The van der Waals surface area contributed by atoms with E-state index in [1.165, 1.54) is 5.06 Å². The molecule has 5 heteroatoms. The number of nitrogens with zero attached hydrogens (tertiary/aromatic N) is 1. The van der Waals surface area contributed by atoms with Crippen LogP contribution in [0.5, 0.6) is 0 Å². The molecule has 0 unspecified atom stereocenters. The zero-order valence-corrected chi connectivity index (χ0v) is 12.1. The summed E-state index contributed by atoms with van der Waals surface area (Å²) in [6, 6.07) is 0. The van der Waals surface area contributed by atoms with E-state index in [4.69, 9.17) is 5.11 Å². The third kappa shape index (κ3) is 5.33. The quantitative estimate of drug-likeness (QED) is 0.710. The van der Waals surface area contributed by atoms with Crippen molar-refractivity contribution in [3.05, 3.63) is 0 Å². The summed E-state index contributed by atoms with van der Waals surface area (Å²) in [7, 11) is 0. The van der Waals surface area contributed by atoms with E-state index in [2.05, 4.69) is 0 Å². The number of aliphatic hydroxyl groups excluding tert-OH is 1. The molecule has 1 heterocycles. The van der Waals surface area contributed by atoms with Crippen LogP contribution in [0, 0.1) is 0 Å². The summed E-state index contributed by atoms with van der Waals surface area (Å²) in [6.45, 7) is 9.61. The van der Waals surface area contributed by atoms with Crippen molar-refractivity contribution in [1.29, 1.82) is 0 Å². The number of carboxylic acids is 1. The largest absolute Gasteiger partial charge is 0.481 e. The van der Waals surface area contributed by atoms with Crippen molar-refractivity contribution in [2.24, 2.45) is 0 Å². The molecule has 0 amide bonds. The van der Waals surface area contributed by atoms with Gasteiger partial charge in [0.1, 0.15) is 0 Å².